The van der Waals surface area contributed by atoms with E-state index in [1.165, 1.54) is 0 Å². The summed E-state index contributed by atoms with van der Waals surface area (Å²) in [5.41, 5.74) is 3.21. The van der Waals surface area contributed by atoms with E-state index in [1.807, 2.05) is 33.9 Å². The third kappa shape index (κ3) is 4.77. The molecule has 2 heterocycles. The van der Waals surface area contributed by atoms with Gasteiger partial charge >= 0.3 is 14.2 Å². The molecule has 0 saturated heterocycles. The Hall–Kier alpha value is -2.51. The lowest BCUT2D eigenvalue weighted by atomic mass is 9.81. The zero-order valence-corrected chi connectivity index (χ0v) is 14.2. The number of pyridine rings is 2. The number of rotatable bonds is 6. The predicted molar refractivity (Wildman–Crippen MR) is 97.6 cm³/mol. The molecule has 0 amide bonds. The molecule has 8 heteroatoms. The highest BCUT2D eigenvalue weighted by Gasteiger charge is 2.14. The molecule has 3 aromatic rings. The van der Waals surface area contributed by atoms with Gasteiger partial charge in [0.05, 0.1) is 0 Å². The van der Waals surface area contributed by atoms with Crippen molar-refractivity contribution in [2.45, 2.75) is 13.1 Å². The second-order valence-corrected chi connectivity index (χ2v) is 6.17. The van der Waals surface area contributed by atoms with E-state index in [4.69, 9.17) is 20.1 Å². The molecule has 0 saturated carbocycles. The van der Waals surface area contributed by atoms with E-state index in [0.29, 0.717) is 24.0 Å². The number of hydrogen-bond donors (Lipinski definition) is 4. The fourth-order valence-electron chi connectivity index (χ4n) is 2.66. The van der Waals surface area contributed by atoms with E-state index < -0.39 is 14.2 Å². The van der Waals surface area contributed by atoms with Gasteiger partial charge in [0, 0.05) is 35.4 Å². The first-order valence-electron chi connectivity index (χ1n) is 8.29. The monoisotopic (exact) mass is 350 g/mol. The predicted octanol–water partition coefficient (Wildman–Crippen LogP) is -2.28. The van der Waals surface area contributed by atoms with Gasteiger partial charge in [-0.2, -0.15) is 0 Å². The Kier molecular flexibility index (Phi) is 5.80. The largest absolute Gasteiger partial charge is 0.488 e. The maximum atomic E-state index is 9.12. The molecule has 0 aliphatic carbocycles. The lowest BCUT2D eigenvalue weighted by Crippen LogP contribution is -2.38. The van der Waals surface area contributed by atoms with E-state index in [0.717, 1.165) is 11.1 Å². The van der Waals surface area contributed by atoms with Crippen molar-refractivity contribution in [1.82, 2.24) is 0 Å². The summed E-state index contributed by atoms with van der Waals surface area (Å²) >= 11 is 0. The van der Waals surface area contributed by atoms with Gasteiger partial charge in [-0.15, -0.1) is 0 Å². The quantitative estimate of drug-likeness (QED) is 0.298. The standard InChI is InChI=1S/C18H20B2N2O4/c23-19(24)17-5-9-21(10-6-17)13-15-1-2-16(4-3-15)14-22-11-7-18(8-12-22)20(25)26/h1-12,23-26H,13-14H2/q+2. The van der Waals surface area contributed by atoms with Gasteiger partial charge in [-0.3, -0.25) is 0 Å². The van der Waals surface area contributed by atoms with Gasteiger partial charge in [-0.25, -0.2) is 9.13 Å². The Labute approximate surface area is 152 Å². The molecule has 0 radical (unpaired) electrons. The maximum Gasteiger partial charge on any atom is 0.488 e. The fraction of sp³-hybridized carbons (Fsp3) is 0.111. The Morgan fingerprint density at radius 3 is 1.12 bits per heavy atom. The first kappa shape index (κ1) is 18.3. The minimum absolute atomic E-state index is 0.466. The molecule has 6 nitrogen and oxygen atoms in total. The smallest absolute Gasteiger partial charge is 0.423 e. The molecular weight excluding hydrogens is 330 g/mol. The average molecular weight is 350 g/mol. The van der Waals surface area contributed by atoms with Crippen LogP contribution in [0.5, 0.6) is 0 Å². The van der Waals surface area contributed by atoms with Crippen molar-refractivity contribution in [2.75, 3.05) is 0 Å². The average Bonchev–Trinajstić information content (AvgIpc) is 2.64. The van der Waals surface area contributed by atoms with E-state index in [2.05, 4.69) is 24.3 Å². The molecule has 0 fully saturated rings. The summed E-state index contributed by atoms with van der Waals surface area (Å²) in [5.74, 6) is 0. The summed E-state index contributed by atoms with van der Waals surface area (Å²) in [6.07, 6.45) is 7.26. The van der Waals surface area contributed by atoms with Crippen molar-refractivity contribution in [3.8, 4) is 0 Å². The van der Waals surface area contributed by atoms with Crippen molar-refractivity contribution in [2.24, 2.45) is 0 Å². The van der Waals surface area contributed by atoms with Crippen LogP contribution in [0.2, 0.25) is 0 Å². The molecule has 0 unspecified atom stereocenters. The SMILES string of the molecule is OB(O)c1cc[n+](Cc2ccc(C[n+]3ccc(B(O)O)cc3)cc2)cc1. The van der Waals surface area contributed by atoms with Gasteiger partial charge in [0.15, 0.2) is 37.9 Å². The van der Waals surface area contributed by atoms with Crippen molar-refractivity contribution in [1.29, 1.82) is 0 Å². The Balaban J connectivity index is 1.62. The van der Waals surface area contributed by atoms with Gasteiger partial charge in [0.2, 0.25) is 0 Å². The topological polar surface area (TPSA) is 88.7 Å². The molecular formula is C18H20B2N2O4+2. The molecule has 0 bridgehead atoms. The van der Waals surface area contributed by atoms with Crippen LogP contribution in [0.4, 0.5) is 0 Å². The highest BCUT2D eigenvalue weighted by atomic mass is 16.4. The molecule has 3 rings (SSSR count). The Morgan fingerprint density at radius 2 is 0.846 bits per heavy atom. The van der Waals surface area contributed by atoms with Crippen LogP contribution in [0.1, 0.15) is 11.1 Å². The van der Waals surface area contributed by atoms with Crippen LogP contribution in [0.3, 0.4) is 0 Å². The summed E-state index contributed by atoms with van der Waals surface area (Å²) < 4.78 is 3.93. The van der Waals surface area contributed by atoms with Crippen molar-refractivity contribution in [3.63, 3.8) is 0 Å². The zero-order valence-electron chi connectivity index (χ0n) is 14.2. The molecule has 2 aromatic heterocycles. The van der Waals surface area contributed by atoms with E-state index in [-0.39, 0.29) is 0 Å². The minimum atomic E-state index is -1.45. The highest BCUT2D eigenvalue weighted by Crippen LogP contribution is 2.04. The van der Waals surface area contributed by atoms with Crippen LogP contribution in [-0.4, -0.2) is 34.3 Å². The van der Waals surface area contributed by atoms with Crippen molar-refractivity contribution in [3.05, 3.63) is 84.4 Å². The molecule has 0 aliphatic heterocycles. The van der Waals surface area contributed by atoms with Crippen LogP contribution in [-0.2, 0) is 13.1 Å². The third-order valence-electron chi connectivity index (χ3n) is 4.18. The lowest BCUT2D eigenvalue weighted by Gasteiger charge is -2.02. The molecule has 130 valence electrons. The summed E-state index contributed by atoms with van der Waals surface area (Å²) in [4.78, 5) is 0. The van der Waals surface area contributed by atoms with Crippen LogP contribution in [0.25, 0.3) is 0 Å². The summed E-state index contributed by atoms with van der Waals surface area (Å²) in [7, 11) is -2.90. The molecule has 4 N–H and O–H groups in total. The van der Waals surface area contributed by atoms with Crippen molar-refractivity contribution < 1.29 is 29.2 Å². The second kappa shape index (κ2) is 8.25. The minimum Gasteiger partial charge on any atom is -0.423 e. The van der Waals surface area contributed by atoms with Crippen LogP contribution >= 0.6 is 0 Å². The van der Waals surface area contributed by atoms with Crippen LogP contribution in [0, 0.1) is 0 Å². The normalized spacial score (nSPS) is 10.6. The van der Waals surface area contributed by atoms with Gasteiger partial charge in [-0.05, 0) is 10.9 Å². The summed E-state index contributed by atoms with van der Waals surface area (Å²) in [6, 6.07) is 15.0. The van der Waals surface area contributed by atoms with E-state index in [9.17, 15) is 0 Å². The number of hydrogen-bond acceptors (Lipinski definition) is 4. The lowest BCUT2D eigenvalue weighted by molar-refractivity contribution is -0.688. The van der Waals surface area contributed by atoms with Crippen LogP contribution in [0.15, 0.2) is 73.3 Å². The zero-order chi connectivity index (χ0) is 18.5. The van der Waals surface area contributed by atoms with Crippen molar-refractivity contribution >= 4 is 25.2 Å². The first-order chi connectivity index (χ1) is 12.5. The maximum absolute atomic E-state index is 9.12. The van der Waals surface area contributed by atoms with Gasteiger partial charge in [-0.1, -0.05) is 24.3 Å². The second-order valence-electron chi connectivity index (χ2n) is 6.17. The number of aromatic nitrogens is 2. The molecule has 0 aliphatic rings. The molecule has 1 aromatic carbocycles. The first-order valence-corrected chi connectivity index (χ1v) is 8.29. The number of nitrogens with zero attached hydrogens (tertiary/aromatic N) is 2. The molecule has 0 spiro atoms. The Morgan fingerprint density at radius 1 is 0.538 bits per heavy atom. The fourth-order valence-corrected chi connectivity index (χ4v) is 2.66. The van der Waals surface area contributed by atoms with Gasteiger partial charge in [0.25, 0.3) is 0 Å². The summed E-state index contributed by atoms with van der Waals surface area (Å²) in [6.45, 7) is 1.39. The molecule has 0 atom stereocenters. The third-order valence-corrected chi connectivity index (χ3v) is 4.18. The van der Waals surface area contributed by atoms with Gasteiger partial charge in [0.1, 0.15) is 0 Å². The van der Waals surface area contributed by atoms with Crippen LogP contribution < -0.4 is 20.1 Å². The van der Waals surface area contributed by atoms with Gasteiger partial charge < -0.3 is 20.1 Å². The molecule has 26 heavy (non-hydrogen) atoms. The van der Waals surface area contributed by atoms with E-state index >= 15 is 0 Å². The Bertz CT molecular complexity index is 766. The van der Waals surface area contributed by atoms with E-state index in [1.54, 1.807) is 24.3 Å². The number of benzene rings is 1. The highest BCUT2D eigenvalue weighted by molar-refractivity contribution is 6.58. The summed E-state index contributed by atoms with van der Waals surface area (Å²) in [5, 5.41) is 36.5.